The quantitative estimate of drug-likeness (QED) is 0.112. The summed E-state index contributed by atoms with van der Waals surface area (Å²) in [6.45, 7) is 2.42. The number of nitrogens with one attached hydrogen (secondary N) is 3. The number of imidazole rings is 1. The third-order valence-electron chi connectivity index (χ3n) is 10.2. The topological polar surface area (TPSA) is 130 Å². The monoisotopic (exact) mass is 725 g/mol. The number of urea groups is 1. The highest BCUT2D eigenvalue weighted by atomic mass is 16.7. The van der Waals surface area contributed by atoms with Crippen molar-refractivity contribution >= 4 is 28.4 Å². The van der Waals surface area contributed by atoms with Crippen LogP contribution in [-0.4, -0.2) is 51.3 Å². The second-order valence-corrected chi connectivity index (χ2v) is 13.8. The van der Waals surface area contributed by atoms with Gasteiger partial charge in [-0.1, -0.05) is 66.7 Å². The number of hydrogen-bond donors (Lipinski definition) is 4. The Hall–Kier alpha value is -5.72. The lowest BCUT2D eigenvalue weighted by molar-refractivity contribution is -0.253. The van der Waals surface area contributed by atoms with E-state index in [0.717, 1.165) is 65.9 Å². The Bertz CT molecular complexity index is 2210. The Morgan fingerprint density at radius 2 is 1.39 bits per heavy atom. The number of aromatic amines is 1. The molecule has 276 valence electrons. The molecule has 0 aliphatic carbocycles. The van der Waals surface area contributed by atoms with Crippen molar-refractivity contribution in [1.82, 2.24) is 14.5 Å². The molecular weight excluding hydrogens is 683 g/mol. The molecule has 1 aromatic heterocycles. The van der Waals surface area contributed by atoms with Gasteiger partial charge in [-0.2, -0.15) is 0 Å². The number of carbonyl (C=O) groups is 1. The maximum Gasteiger partial charge on any atom is 0.326 e. The summed E-state index contributed by atoms with van der Waals surface area (Å²) in [7, 11) is 0. The molecule has 5 aromatic carbocycles. The predicted octanol–water partition coefficient (Wildman–Crippen LogP) is 8.14. The van der Waals surface area contributed by atoms with Crippen LogP contribution in [-0.2, 0) is 16.1 Å². The summed E-state index contributed by atoms with van der Waals surface area (Å²) in [5.41, 5.74) is 5.74. The van der Waals surface area contributed by atoms with Crippen molar-refractivity contribution in [2.75, 3.05) is 30.3 Å². The van der Waals surface area contributed by atoms with E-state index in [1.807, 2.05) is 108 Å². The number of piperidine rings is 1. The summed E-state index contributed by atoms with van der Waals surface area (Å²) < 4.78 is 20.9. The zero-order valence-corrected chi connectivity index (χ0v) is 29.8. The van der Waals surface area contributed by atoms with Gasteiger partial charge in [0.1, 0.15) is 11.5 Å². The SMILES string of the molecule is O=C(Nc1ccc(Oc2ccccc2)cc1)Nc1ccc([C@@H]2O[C@H](CN3CCC(n4c(=O)[nH]c5ccccc54)CC3)C[C@H](c3ccc(CO)cc3)O2)cc1. The van der Waals surface area contributed by atoms with E-state index in [9.17, 15) is 14.7 Å². The fourth-order valence-corrected chi connectivity index (χ4v) is 7.37. The smallest absolute Gasteiger partial charge is 0.326 e. The van der Waals surface area contributed by atoms with Crippen molar-refractivity contribution in [3.05, 3.63) is 155 Å². The fraction of sp³-hybridized carbons (Fsp3) is 0.256. The Kier molecular flexibility index (Phi) is 10.5. The number of aromatic nitrogens is 2. The highest BCUT2D eigenvalue weighted by Gasteiger charge is 2.34. The molecular formula is C43H43N5O6. The second-order valence-electron chi connectivity index (χ2n) is 13.8. The normalized spacial score (nSPS) is 19.4. The van der Waals surface area contributed by atoms with E-state index in [4.69, 9.17) is 14.2 Å². The molecule has 3 heterocycles. The van der Waals surface area contributed by atoms with Gasteiger partial charge in [-0.05, 0) is 84.6 Å². The molecule has 0 radical (unpaired) electrons. The Morgan fingerprint density at radius 3 is 2.09 bits per heavy atom. The molecule has 8 rings (SSSR count). The van der Waals surface area contributed by atoms with Crippen molar-refractivity contribution in [3.63, 3.8) is 0 Å². The standard InChI is InChI=1S/C43H43N5O6/c49-28-29-10-12-30(13-11-29)40-26-37(27-47-24-22-34(23-25-47)48-39-9-5-4-8-38(39)46-43(48)51)53-41(54-40)31-14-16-32(17-15-31)44-42(50)45-33-18-20-36(21-19-33)52-35-6-2-1-3-7-35/h1-21,34,37,40-41,49H,22-28H2,(H,46,51)(H2,44,45,50)/t37-,40+,41+/m0/s1. The van der Waals surface area contributed by atoms with E-state index in [-0.39, 0.29) is 36.6 Å². The first-order chi connectivity index (χ1) is 26.5. The van der Waals surface area contributed by atoms with Crippen molar-refractivity contribution in [3.8, 4) is 11.5 Å². The maximum absolute atomic E-state index is 12.8. The molecule has 2 aliphatic heterocycles. The molecule has 2 saturated heterocycles. The predicted molar refractivity (Wildman–Crippen MR) is 208 cm³/mol. The number of H-pyrrole nitrogens is 1. The number of rotatable bonds is 10. The molecule has 0 spiro atoms. The molecule has 11 nitrogen and oxygen atoms in total. The van der Waals surface area contributed by atoms with Crippen LogP contribution in [0.4, 0.5) is 16.2 Å². The van der Waals surface area contributed by atoms with Crippen molar-refractivity contribution in [1.29, 1.82) is 0 Å². The minimum atomic E-state index is -0.617. The average molecular weight is 726 g/mol. The highest BCUT2D eigenvalue weighted by molar-refractivity contribution is 5.99. The average Bonchev–Trinajstić information content (AvgIpc) is 3.55. The van der Waals surface area contributed by atoms with Crippen LogP contribution in [0.3, 0.4) is 0 Å². The number of anilines is 2. The number of aliphatic hydroxyl groups excluding tert-OH is 1. The highest BCUT2D eigenvalue weighted by Crippen LogP contribution is 2.39. The molecule has 0 unspecified atom stereocenters. The second kappa shape index (κ2) is 16.1. The Labute approximate surface area is 313 Å². The van der Waals surface area contributed by atoms with E-state index in [0.29, 0.717) is 23.5 Å². The summed E-state index contributed by atoms with van der Waals surface area (Å²) >= 11 is 0. The number of hydrogen-bond acceptors (Lipinski definition) is 7. The largest absolute Gasteiger partial charge is 0.457 e. The lowest BCUT2D eigenvalue weighted by atomic mass is 9.98. The van der Waals surface area contributed by atoms with E-state index >= 15 is 0 Å². The van der Waals surface area contributed by atoms with Gasteiger partial charge in [0.2, 0.25) is 0 Å². The van der Waals surface area contributed by atoms with Crippen molar-refractivity contribution in [2.24, 2.45) is 0 Å². The molecule has 2 amide bonds. The Morgan fingerprint density at radius 1 is 0.759 bits per heavy atom. The number of likely N-dealkylation sites (tertiary alicyclic amines) is 1. The van der Waals surface area contributed by atoms with Gasteiger partial charge >= 0.3 is 11.7 Å². The van der Waals surface area contributed by atoms with Gasteiger partial charge in [0, 0.05) is 49.0 Å². The van der Waals surface area contributed by atoms with Crippen molar-refractivity contribution < 1.29 is 24.1 Å². The molecule has 3 atom stereocenters. The number of carbonyl (C=O) groups excluding carboxylic acids is 1. The number of para-hydroxylation sites is 3. The minimum Gasteiger partial charge on any atom is -0.457 e. The van der Waals surface area contributed by atoms with Gasteiger partial charge in [0.05, 0.1) is 29.8 Å². The van der Waals surface area contributed by atoms with Gasteiger partial charge in [0.25, 0.3) is 0 Å². The number of aliphatic hydroxyl groups is 1. The number of benzene rings is 5. The van der Waals surface area contributed by atoms with Gasteiger partial charge in [-0.15, -0.1) is 0 Å². The van der Waals surface area contributed by atoms with E-state index in [2.05, 4.69) is 20.5 Å². The molecule has 0 saturated carbocycles. The van der Waals surface area contributed by atoms with Crippen LogP contribution in [0, 0.1) is 0 Å². The first-order valence-electron chi connectivity index (χ1n) is 18.4. The summed E-state index contributed by atoms with van der Waals surface area (Å²) in [6.07, 6.45) is 1.49. The fourth-order valence-electron chi connectivity index (χ4n) is 7.37. The summed E-state index contributed by atoms with van der Waals surface area (Å²) in [4.78, 5) is 31.1. The molecule has 0 bridgehead atoms. The molecule has 2 aliphatic rings. The van der Waals surface area contributed by atoms with E-state index < -0.39 is 6.29 Å². The van der Waals surface area contributed by atoms with Crippen LogP contribution in [0.2, 0.25) is 0 Å². The summed E-state index contributed by atoms with van der Waals surface area (Å²) in [5.74, 6) is 1.41. The molecule has 11 heteroatoms. The van der Waals surface area contributed by atoms with Gasteiger partial charge < -0.3 is 39.8 Å². The van der Waals surface area contributed by atoms with Crippen LogP contribution in [0.5, 0.6) is 11.5 Å². The minimum absolute atomic E-state index is 0.0187. The van der Waals surface area contributed by atoms with Crippen LogP contribution in [0.1, 0.15) is 54.4 Å². The number of amides is 2. The van der Waals surface area contributed by atoms with E-state index in [1.54, 1.807) is 24.3 Å². The zero-order chi connectivity index (χ0) is 36.9. The van der Waals surface area contributed by atoms with Gasteiger partial charge in [-0.25, -0.2) is 9.59 Å². The van der Waals surface area contributed by atoms with Crippen LogP contribution in [0.25, 0.3) is 11.0 Å². The lowest BCUT2D eigenvalue weighted by Crippen LogP contribution is -2.43. The maximum atomic E-state index is 12.8. The van der Waals surface area contributed by atoms with E-state index in [1.165, 1.54) is 0 Å². The van der Waals surface area contributed by atoms with Gasteiger partial charge in [0.15, 0.2) is 6.29 Å². The third-order valence-corrected chi connectivity index (χ3v) is 10.2. The molecule has 6 aromatic rings. The van der Waals surface area contributed by atoms with Crippen LogP contribution >= 0.6 is 0 Å². The number of ether oxygens (including phenoxy) is 3. The zero-order valence-electron chi connectivity index (χ0n) is 29.8. The molecule has 4 N–H and O–H groups in total. The number of nitrogens with zero attached hydrogens (tertiary/aromatic N) is 2. The lowest BCUT2D eigenvalue weighted by Gasteiger charge is -2.40. The molecule has 54 heavy (non-hydrogen) atoms. The van der Waals surface area contributed by atoms with Crippen LogP contribution in [0.15, 0.2) is 132 Å². The summed E-state index contributed by atoms with van der Waals surface area (Å²) in [5, 5.41) is 15.4. The van der Waals surface area contributed by atoms with Crippen LogP contribution < -0.4 is 21.1 Å². The number of fused-ring (bicyclic) bond motifs is 1. The first kappa shape index (κ1) is 35.3. The Balaban J connectivity index is 0.902. The third kappa shape index (κ3) is 8.24. The summed E-state index contributed by atoms with van der Waals surface area (Å²) in [6, 6.07) is 39.7. The first-order valence-corrected chi connectivity index (χ1v) is 18.4. The molecule has 2 fully saturated rings. The van der Waals surface area contributed by atoms with Gasteiger partial charge in [-0.3, -0.25) is 4.57 Å². The van der Waals surface area contributed by atoms with Crippen molar-refractivity contribution in [2.45, 2.75) is 50.4 Å².